The first-order valence-electron chi connectivity index (χ1n) is 7.07. The Hall–Kier alpha value is -1.76. The van der Waals surface area contributed by atoms with Gasteiger partial charge in [-0.15, -0.1) is 12.3 Å². The van der Waals surface area contributed by atoms with Crippen LogP contribution in [-0.2, 0) is 17.8 Å². The number of rotatable bonds is 8. The number of hydrogen-bond acceptors (Lipinski definition) is 2. The number of hydrogen-bond donors (Lipinski definition) is 1. The van der Waals surface area contributed by atoms with E-state index in [1.807, 2.05) is 0 Å². The molecule has 1 N–H and O–H groups in total. The van der Waals surface area contributed by atoms with Gasteiger partial charge in [0.25, 0.3) is 0 Å². The molecule has 0 fully saturated rings. The van der Waals surface area contributed by atoms with E-state index in [4.69, 9.17) is 11.2 Å². The van der Waals surface area contributed by atoms with Gasteiger partial charge in [0.2, 0.25) is 0 Å². The number of ether oxygens (including phenoxy) is 1. The van der Waals surface area contributed by atoms with Gasteiger partial charge in [0.15, 0.2) is 0 Å². The number of terminal acetylenes is 1. The zero-order chi connectivity index (χ0) is 14.2. The highest BCUT2D eigenvalue weighted by molar-refractivity contribution is 5.81. The topological polar surface area (TPSA) is 26.2 Å². The third-order valence-corrected chi connectivity index (χ3v) is 3.39. The normalized spacial score (nSPS) is 10.8. The zero-order valence-corrected chi connectivity index (χ0v) is 12.1. The van der Waals surface area contributed by atoms with Crippen LogP contribution in [0.2, 0.25) is 0 Å². The number of nitrogens with zero attached hydrogens (tertiary/aromatic N) is 1. The Kier molecular flexibility index (Phi) is 5.67. The molecule has 0 aliphatic carbocycles. The summed E-state index contributed by atoms with van der Waals surface area (Å²) in [4.78, 5) is 0. The summed E-state index contributed by atoms with van der Waals surface area (Å²) in [6.07, 6.45) is 7.18. The van der Waals surface area contributed by atoms with Crippen molar-refractivity contribution in [3.8, 4) is 12.3 Å². The lowest BCUT2D eigenvalue weighted by Gasteiger charge is -2.11. The number of nitrogens with one attached hydrogen (secondary N) is 1. The van der Waals surface area contributed by atoms with Gasteiger partial charge in [0.1, 0.15) is 0 Å². The largest absolute Gasteiger partial charge is 0.383 e. The number of methoxy groups -OCH3 is 1. The summed E-state index contributed by atoms with van der Waals surface area (Å²) in [6.45, 7) is 3.42. The molecule has 2 rings (SSSR count). The minimum atomic E-state index is 0.733. The minimum Gasteiger partial charge on any atom is -0.383 e. The second kappa shape index (κ2) is 7.74. The fourth-order valence-electron chi connectivity index (χ4n) is 2.41. The molecule has 0 radical (unpaired) electrons. The maximum Gasteiger partial charge on any atom is 0.0587 e. The summed E-state index contributed by atoms with van der Waals surface area (Å²) >= 11 is 0. The number of fused-ring (bicyclic) bond motifs is 1. The molecule has 0 amide bonds. The molecule has 3 heteroatoms. The van der Waals surface area contributed by atoms with Crippen molar-refractivity contribution in [1.82, 2.24) is 9.88 Å². The van der Waals surface area contributed by atoms with Gasteiger partial charge >= 0.3 is 0 Å². The lowest BCUT2D eigenvalue weighted by atomic mass is 10.2. The first-order valence-corrected chi connectivity index (χ1v) is 7.07. The SMILES string of the molecule is C#CCCCn1c(CNCCOC)cc2ccccc21. The quantitative estimate of drug-likeness (QED) is 0.589. The van der Waals surface area contributed by atoms with Crippen LogP contribution in [0.4, 0.5) is 0 Å². The van der Waals surface area contributed by atoms with Crippen LogP contribution in [0.3, 0.4) is 0 Å². The maximum absolute atomic E-state index is 5.35. The summed E-state index contributed by atoms with van der Waals surface area (Å²) in [5.41, 5.74) is 2.59. The molecule has 0 bridgehead atoms. The summed E-state index contributed by atoms with van der Waals surface area (Å²) in [5.74, 6) is 2.71. The Morgan fingerprint density at radius 3 is 3.00 bits per heavy atom. The Morgan fingerprint density at radius 1 is 1.35 bits per heavy atom. The van der Waals surface area contributed by atoms with E-state index in [0.717, 1.165) is 39.1 Å². The van der Waals surface area contributed by atoms with Gasteiger partial charge in [0, 0.05) is 44.4 Å². The molecular formula is C17H22N2O. The smallest absolute Gasteiger partial charge is 0.0587 e. The summed E-state index contributed by atoms with van der Waals surface area (Å²) in [5, 5.41) is 4.70. The predicted molar refractivity (Wildman–Crippen MR) is 83.6 cm³/mol. The summed E-state index contributed by atoms with van der Waals surface area (Å²) < 4.78 is 7.42. The van der Waals surface area contributed by atoms with Crippen LogP contribution < -0.4 is 5.32 Å². The van der Waals surface area contributed by atoms with Gasteiger partial charge in [-0.25, -0.2) is 0 Å². The van der Waals surface area contributed by atoms with Gasteiger partial charge in [-0.3, -0.25) is 0 Å². The van der Waals surface area contributed by atoms with Crippen molar-refractivity contribution in [2.75, 3.05) is 20.3 Å². The Bertz CT molecular complexity index is 580. The number of aryl methyl sites for hydroxylation is 1. The Labute approximate surface area is 120 Å². The van der Waals surface area contributed by atoms with E-state index in [-0.39, 0.29) is 0 Å². The number of aromatic nitrogens is 1. The lowest BCUT2D eigenvalue weighted by molar-refractivity contribution is 0.199. The van der Waals surface area contributed by atoms with E-state index < -0.39 is 0 Å². The van der Waals surface area contributed by atoms with Crippen molar-refractivity contribution in [3.63, 3.8) is 0 Å². The standard InChI is InChI=1S/C17H22N2O/c1-3-4-7-11-19-16(14-18-10-12-20-2)13-15-8-5-6-9-17(15)19/h1,5-6,8-9,13,18H,4,7,10-12,14H2,2H3. The van der Waals surface area contributed by atoms with Gasteiger partial charge < -0.3 is 14.6 Å². The van der Waals surface area contributed by atoms with Crippen molar-refractivity contribution >= 4 is 10.9 Å². The zero-order valence-electron chi connectivity index (χ0n) is 12.1. The lowest BCUT2D eigenvalue weighted by Crippen LogP contribution is -2.20. The van der Waals surface area contributed by atoms with Crippen LogP contribution in [0.25, 0.3) is 10.9 Å². The maximum atomic E-state index is 5.35. The van der Waals surface area contributed by atoms with Crippen molar-refractivity contribution in [2.45, 2.75) is 25.9 Å². The van der Waals surface area contributed by atoms with Gasteiger partial charge in [-0.05, 0) is 23.9 Å². The van der Waals surface area contributed by atoms with E-state index >= 15 is 0 Å². The van der Waals surface area contributed by atoms with E-state index in [1.54, 1.807) is 7.11 Å². The van der Waals surface area contributed by atoms with Crippen LogP contribution in [0.5, 0.6) is 0 Å². The second-order valence-electron chi connectivity index (χ2n) is 4.82. The van der Waals surface area contributed by atoms with Crippen LogP contribution >= 0.6 is 0 Å². The van der Waals surface area contributed by atoms with Gasteiger partial charge in [0.05, 0.1) is 6.61 Å². The molecule has 0 spiro atoms. The van der Waals surface area contributed by atoms with Gasteiger partial charge in [-0.1, -0.05) is 18.2 Å². The highest BCUT2D eigenvalue weighted by Gasteiger charge is 2.07. The fourth-order valence-corrected chi connectivity index (χ4v) is 2.41. The minimum absolute atomic E-state index is 0.733. The average molecular weight is 270 g/mol. The molecule has 20 heavy (non-hydrogen) atoms. The molecule has 0 aliphatic heterocycles. The highest BCUT2D eigenvalue weighted by atomic mass is 16.5. The third kappa shape index (κ3) is 3.63. The molecule has 106 valence electrons. The van der Waals surface area contributed by atoms with Crippen molar-refractivity contribution in [3.05, 3.63) is 36.0 Å². The molecule has 3 nitrogen and oxygen atoms in total. The molecule has 1 aromatic carbocycles. The fraction of sp³-hybridized carbons (Fsp3) is 0.412. The summed E-state index contributed by atoms with van der Waals surface area (Å²) in [6, 6.07) is 10.7. The average Bonchev–Trinajstić information content (AvgIpc) is 2.82. The third-order valence-electron chi connectivity index (χ3n) is 3.39. The Balaban J connectivity index is 2.13. The molecule has 0 saturated heterocycles. The molecule has 1 aromatic heterocycles. The molecule has 0 unspecified atom stereocenters. The van der Waals surface area contributed by atoms with Crippen LogP contribution in [-0.4, -0.2) is 24.8 Å². The Morgan fingerprint density at radius 2 is 2.20 bits per heavy atom. The van der Waals surface area contributed by atoms with E-state index in [9.17, 15) is 0 Å². The van der Waals surface area contributed by atoms with Crippen molar-refractivity contribution in [2.24, 2.45) is 0 Å². The summed E-state index contributed by atoms with van der Waals surface area (Å²) in [7, 11) is 1.72. The monoisotopic (exact) mass is 270 g/mol. The van der Waals surface area contributed by atoms with E-state index in [0.29, 0.717) is 0 Å². The van der Waals surface area contributed by atoms with E-state index in [2.05, 4.69) is 46.1 Å². The number of benzene rings is 1. The van der Waals surface area contributed by atoms with Crippen molar-refractivity contribution < 1.29 is 4.74 Å². The van der Waals surface area contributed by atoms with Gasteiger partial charge in [-0.2, -0.15) is 0 Å². The van der Waals surface area contributed by atoms with E-state index in [1.165, 1.54) is 16.6 Å². The molecule has 1 heterocycles. The molecule has 0 saturated carbocycles. The number of para-hydroxylation sites is 1. The molecule has 0 atom stereocenters. The van der Waals surface area contributed by atoms with Crippen LogP contribution in [0.1, 0.15) is 18.5 Å². The first kappa shape index (κ1) is 14.6. The first-order chi connectivity index (χ1) is 9.86. The highest BCUT2D eigenvalue weighted by Crippen LogP contribution is 2.20. The molecule has 0 aliphatic rings. The second-order valence-corrected chi connectivity index (χ2v) is 4.82. The molecule has 2 aromatic rings. The van der Waals surface area contributed by atoms with Crippen LogP contribution in [0.15, 0.2) is 30.3 Å². The number of unbranched alkanes of at least 4 members (excludes halogenated alkanes) is 1. The molecular weight excluding hydrogens is 248 g/mol. The van der Waals surface area contributed by atoms with Crippen LogP contribution in [0, 0.1) is 12.3 Å². The predicted octanol–water partition coefficient (Wildman–Crippen LogP) is 2.79. The van der Waals surface area contributed by atoms with Crippen molar-refractivity contribution in [1.29, 1.82) is 0 Å².